The van der Waals surface area contributed by atoms with Crippen LogP contribution in [0.4, 0.5) is 0 Å². The fourth-order valence-electron chi connectivity index (χ4n) is 3.09. The van der Waals surface area contributed by atoms with Crippen molar-refractivity contribution in [2.24, 2.45) is 0 Å². The minimum Gasteiger partial charge on any atom is -0.480 e. The van der Waals surface area contributed by atoms with Crippen LogP contribution >= 0.6 is 11.3 Å². The molecule has 1 aromatic heterocycles. The van der Waals surface area contributed by atoms with Crippen LogP contribution in [0.3, 0.4) is 0 Å². The number of rotatable bonds is 4. The number of amides is 2. The van der Waals surface area contributed by atoms with Gasteiger partial charge in [0.1, 0.15) is 17.5 Å². The topological polar surface area (TPSA) is 104 Å². The SMILES string of the molecule is CC1(C)C(C(=O)O)N2C(=O)C(NC(=O)Cc3cccs3)[C@@H]2S1=O. The lowest BCUT2D eigenvalue weighted by molar-refractivity contribution is -0.161. The number of nitrogens with zero attached hydrogens (tertiary/aromatic N) is 1. The molecule has 124 valence electrons. The molecule has 0 aromatic carbocycles. The second kappa shape index (κ2) is 5.41. The van der Waals surface area contributed by atoms with E-state index in [1.54, 1.807) is 13.8 Å². The molecular formula is C14H16N2O5S2. The van der Waals surface area contributed by atoms with Crippen molar-refractivity contribution in [2.75, 3.05) is 0 Å². The van der Waals surface area contributed by atoms with Crippen molar-refractivity contribution in [1.29, 1.82) is 0 Å². The number of carboxylic acid groups (broad SMARTS) is 1. The minimum atomic E-state index is -1.57. The van der Waals surface area contributed by atoms with Crippen LogP contribution in [0.25, 0.3) is 0 Å². The van der Waals surface area contributed by atoms with E-state index >= 15 is 0 Å². The van der Waals surface area contributed by atoms with Crippen molar-refractivity contribution in [3.63, 3.8) is 0 Å². The third-order valence-electron chi connectivity index (χ3n) is 4.22. The normalized spacial score (nSPS) is 31.4. The summed E-state index contributed by atoms with van der Waals surface area (Å²) in [4.78, 5) is 37.7. The molecule has 0 saturated carbocycles. The fraction of sp³-hybridized carbons (Fsp3) is 0.500. The third kappa shape index (κ3) is 2.38. The van der Waals surface area contributed by atoms with Crippen LogP contribution < -0.4 is 5.32 Å². The van der Waals surface area contributed by atoms with E-state index in [9.17, 15) is 23.7 Å². The molecule has 7 nitrogen and oxygen atoms in total. The summed E-state index contributed by atoms with van der Waals surface area (Å²) in [6.07, 6.45) is 0.145. The maximum Gasteiger partial charge on any atom is 0.328 e. The number of fused-ring (bicyclic) bond motifs is 1. The standard InChI is InChI=1S/C14H16N2O5S2/c1-14(2)10(13(19)20)16-11(18)9(12(16)23(14)21)15-8(17)6-7-4-3-5-22-7/h3-5,9-10,12H,6H2,1-2H3,(H,15,17)(H,19,20)/t9?,10?,12-,23?/m0/s1. The maximum atomic E-state index is 12.6. The third-order valence-corrected chi connectivity index (χ3v) is 7.29. The molecule has 0 spiro atoms. The van der Waals surface area contributed by atoms with Crippen LogP contribution in [-0.4, -0.2) is 54.2 Å². The highest BCUT2D eigenvalue weighted by molar-refractivity contribution is 7.87. The molecule has 4 atom stereocenters. The molecule has 1 aromatic rings. The highest BCUT2D eigenvalue weighted by Gasteiger charge is 2.68. The summed E-state index contributed by atoms with van der Waals surface area (Å²) in [6, 6.07) is 1.60. The molecule has 2 saturated heterocycles. The molecule has 3 rings (SSSR count). The van der Waals surface area contributed by atoms with Crippen molar-refractivity contribution in [1.82, 2.24) is 10.2 Å². The number of carbonyl (C=O) groups excluding carboxylic acids is 2. The minimum absolute atomic E-state index is 0.145. The molecule has 23 heavy (non-hydrogen) atoms. The van der Waals surface area contributed by atoms with Gasteiger partial charge in [0.05, 0.1) is 22.0 Å². The summed E-state index contributed by atoms with van der Waals surface area (Å²) < 4.78 is 11.5. The van der Waals surface area contributed by atoms with Gasteiger partial charge in [-0.3, -0.25) is 13.8 Å². The second-order valence-corrected chi connectivity index (χ2v) is 9.24. The monoisotopic (exact) mass is 356 g/mol. The highest BCUT2D eigenvalue weighted by Crippen LogP contribution is 2.43. The number of thiophene rings is 1. The lowest BCUT2D eigenvalue weighted by Gasteiger charge is -2.43. The number of nitrogens with one attached hydrogen (secondary N) is 1. The first-order chi connectivity index (χ1) is 10.7. The van der Waals surface area contributed by atoms with E-state index in [1.165, 1.54) is 11.3 Å². The average Bonchev–Trinajstić information content (AvgIpc) is 3.02. The quantitative estimate of drug-likeness (QED) is 0.736. The summed E-state index contributed by atoms with van der Waals surface area (Å²) >= 11 is 1.43. The summed E-state index contributed by atoms with van der Waals surface area (Å²) in [5.74, 6) is -2.00. The Morgan fingerprint density at radius 1 is 1.48 bits per heavy atom. The average molecular weight is 356 g/mol. The molecule has 2 aliphatic rings. The number of aliphatic carboxylic acids is 1. The Hall–Kier alpha value is -1.74. The first-order valence-corrected chi connectivity index (χ1v) is 9.12. The molecule has 2 aliphatic heterocycles. The number of carbonyl (C=O) groups is 3. The van der Waals surface area contributed by atoms with Gasteiger partial charge in [-0.2, -0.15) is 0 Å². The summed E-state index contributed by atoms with van der Waals surface area (Å²) in [6.45, 7) is 3.13. The predicted octanol–water partition coefficient (Wildman–Crippen LogP) is -0.0622. The van der Waals surface area contributed by atoms with Crippen LogP contribution in [0, 0.1) is 0 Å². The first kappa shape index (κ1) is 16.1. The molecule has 3 heterocycles. The lowest BCUT2D eigenvalue weighted by atomic mass is 9.96. The Balaban J connectivity index is 1.75. The first-order valence-electron chi connectivity index (χ1n) is 7.02. The number of hydrogen-bond acceptors (Lipinski definition) is 5. The zero-order valence-electron chi connectivity index (χ0n) is 12.5. The van der Waals surface area contributed by atoms with E-state index in [2.05, 4.69) is 5.32 Å². The van der Waals surface area contributed by atoms with E-state index in [0.717, 1.165) is 9.78 Å². The van der Waals surface area contributed by atoms with Crippen LogP contribution in [-0.2, 0) is 31.6 Å². The van der Waals surface area contributed by atoms with Crippen molar-refractivity contribution in [3.8, 4) is 0 Å². The van der Waals surface area contributed by atoms with E-state index < -0.39 is 44.9 Å². The van der Waals surface area contributed by atoms with Gasteiger partial charge in [-0.1, -0.05) is 6.07 Å². The van der Waals surface area contributed by atoms with Crippen molar-refractivity contribution >= 4 is 39.9 Å². The van der Waals surface area contributed by atoms with Crippen molar-refractivity contribution < 1.29 is 23.7 Å². The van der Waals surface area contributed by atoms with Gasteiger partial charge in [0.15, 0.2) is 0 Å². The second-order valence-electron chi connectivity index (χ2n) is 6.08. The largest absolute Gasteiger partial charge is 0.480 e. The molecule has 2 amide bonds. The molecule has 0 radical (unpaired) electrons. The summed E-state index contributed by atoms with van der Waals surface area (Å²) in [5, 5.41) is 13.0. The molecule has 0 aliphatic carbocycles. The summed E-state index contributed by atoms with van der Waals surface area (Å²) in [5.41, 5.74) is 0. The van der Waals surface area contributed by atoms with Gasteiger partial charge in [0, 0.05) is 4.88 Å². The Kier molecular flexibility index (Phi) is 3.80. The highest BCUT2D eigenvalue weighted by atomic mass is 32.2. The van der Waals surface area contributed by atoms with E-state index in [-0.39, 0.29) is 12.3 Å². The molecule has 2 fully saturated rings. The predicted molar refractivity (Wildman–Crippen MR) is 84.2 cm³/mol. The smallest absolute Gasteiger partial charge is 0.328 e. The zero-order chi connectivity index (χ0) is 16.9. The zero-order valence-corrected chi connectivity index (χ0v) is 14.1. The molecule has 3 unspecified atom stereocenters. The van der Waals surface area contributed by atoms with Crippen molar-refractivity contribution in [3.05, 3.63) is 22.4 Å². The van der Waals surface area contributed by atoms with E-state index in [4.69, 9.17) is 0 Å². The van der Waals surface area contributed by atoms with Crippen LogP contribution in [0.15, 0.2) is 17.5 Å². The van der Waals surface area contributed by atoms with E-state index in [0.29, 0.717) is 0 Å². The van der Waals surface area contributed by atoms with Gasteiger partial charge < -0.3 is 15.3 Å². The van der Waals surface area contributed by atoms with Crippen LogP contribution in [0.1, 0.15) is 18.7 Å². The number of β-lactam (4-membered cyclic amide) rings is 1. The van der Waals surface area contributed by atoms with Crippen molar-refractivity contribution in [2.45, 2.75) is 42.5 Å². The molecule has 9 heteroatoms. The van der Waals surface area contributed by atoms with Gasteiger partial charge in [-0.05, 0) is 25.3 Å². The summed E-state index contributed by atoms with van der Waals surface area (Å²) in [7, 11) is -1.57. The Labute approximate surface area is 139 Å². The number of hydrogen-bond donors (Lipinski definition) is 2. The van der Waals surface area contributed by atoms with Crippen LogP contribution in [0.2, 0.25) is 0 Å². The van der Waals surface area contributed by atoms with Gasteiger partial charge in [0.25, 0.3) is 0 Å². The van der Waals surface area contributed by atoms with E-state index in [1.807, 2.05) is 17.5 Å². The Bertz CT molecular complexity index is 700. The molecule has 0 bridgehead atoms. The fourth-order valence-corrected chi connectivity index (χ4v) is 5.71. The Morgan fingerprint density at radius 3 is 2.74 bits per heavy atom. The van der Waals surface area contributed by atoms with Crippen LogP contribution in [0.5, 0.6) is 0 Å². The number of carboxylic acids is 1. The lowest BCUT2D eigenvalue weighted by Crippen LogP contribution is -2.71. The maximum absolute atomic E-state index is 12.6. The Morgan fingerprint density at radius 2 is 2.17 bits per heavy atom. The van der Waals surface area contributed by atoms with Gasteiger partial charge in [-0.25, -0.2) is 4.79 Å². The molecule has 2 N–H and O–H groups in total. The molecular weight excluding hydrogens is 340 g/mol. The van der Waals surface area contributed by atoms with Gasteiger partial charge in [-0.15, -0.1) is 11.3 Å². The van der Waals surface area contributed by atoms with Gasteiger partial charge in [0.2, 0.25) is 11.8 Å². The van der Waals surface area contributed by atoms with Gasteiger partial charge >= 0.3 is 5.97 Å².